The number of nitrogens with zero attached hydrogens (tertiary/aromatic N) is 2. The van der Waals surface area contributed by atoms with Crippen LogP contribution in [0.4, 0.5) is 0 Å². The van der Waals surface area contributed by atoms with Crippen molar-refractivity contribution in [2.24, 2.45) is 0 Å². The summed E-state index contributed by atoms with van der Waals surface area (Å²) < 4.78 is 1.03. The maximum atomic E-state index is 10.2. The Hall–Kier alpha value is -0.420. The topological polar surface area (TPSA) is 26.7 Å². The van der Waals surface area contributed by atoms with Gasteiger partial charge in [-0.3, -0.25) is 0 Å². The molecule has 1 N–H and O–H groups in total. The van der Waals surface area contributed by atoms with Gasteiger partial charge in [0.05, 0.1) is 6.10 Å². The first kappa shape index (κ1) is 15.0. The van der Waals surface area contributed by atoms with Crippen molar-refractivity contribution >= 4 is 15.9 Å². The summed E-state index contributed by atoms with van der Waals surface area (Å²) in [6.45, 7) is 8.90. The number of likely N-dealkylation sites (N-methyl/N-ethyl adjacent to an activating group) is 1. The van der Waals surface area contributed by atoms with E-state index in [0.29, 0.717) is 0 Å². The first-order chi connectivity index (χ1) is 9.19. The molecule has 1 aromatic carbocycles. The van der Waals surface area contributed by atoms with Crippen molar-refractivity contribution in [2.45, 2.75) is 19.4 Å². The highest BCUT2D eigenvalue weighted by molar-refractivity contribution is 9.10. The molecule has 1 heterocycles. The zero-order valence-electron chi connectivity index (χ0n) is 11.6. The molecule has 1 atom stereocenters. The van der Waals surface area contributed by atoms with E-state index in [0.717, 1.165) is 55.7 Å². The molecule has 1 aliphatic heterocycles. The van der Waals surface area contributed by atoms with Gasteiger partial charge in [0.15, 0.2) is 0 Å². The number of rotatable bonds is 5. The van der Waals surface area contributed by atoms with E-state index in [1.54, 1.807) is 0 Å². The van der Waals surface area contributed by atoms with Crippen LogP contribution in [0.25, 0.3) is 0 Å². The molecule has 1 saturated heterocycles. The Bertz CT molecular complexity index is 391. The molecule has 0 saturated carbocycles. The molecule has 0 aliphatic carbocycles. The molecule has 19 heavy (non-hydrogen) atoms. The van der Waals surface area contributed by atoms with Crippen molar-refractivity contribution in [2.75, 3.05) is 39.3 Å². The molecular weight excluding hydrogens is 304 g/mol. The van der Waals surface area contributed by atoms with Crippen molar-refractivity contribution < 1.29 is 5.11 Å². The van der Waals surface area contributed by atoms with E-state index >= 15 is 0 Å². The Morgan fingerprint density at radius 3 is 2.53 bits per heavy atom. The number of benzene rings is 1. The third kappa shape index (κ3) is 4.56. The molecule has 1 aromatic rings. The molecule has 0 spiro atoms. The summed E-state index contributed by atoms with van der Waals surface area (Å²) in [5.74, 6) is 0. The second kappa shape index (κ2) is 7.39. The predicted molar refractivity (Wildman–Crippen MR) is 82.3 cm³/mol. The second-order valence-corrected chi connectivity index (χ2v) is 6.05. The number of aliphatic hydroxyl groups excluding tert-OH is 1. The molecule has 0 bridgehead atoms. The lowest BCUT2D eigenvalue weighted by atomic mass is 10.1. The standard InChI is InChI=1S/C15H23BrN2O/c1-2-17-8-10-18(11-9-17)7-6-15(19)13-4-3-5-14(16)12-13/h3-5,12,15,19H,2,6-11H2,1H3. The lowest BCUT2D eigenvalue weighted by Crippen LogP contribution is -2.46. The zero-order chi connectivity index (χ0) is 13.7. The van der Waals surface area contributed by atoms with Gasteiger partial charge in [-0.1, -0.05) is 35.0 Å². The number of hydrogen-bond donors (Lipinski definition) is 1. The van der Waals surface area contributed by atoms with Crippen LogP contribution in [-0.2, 0) is 0 Å². The van der Waals surface area contributed by atoms with Crippen LogP contribution < -0.4 is 0 Å². The molecule has 4 heteroatoms. The van der Waals surface area contributed by atoms with Crippen molar-refractivity contribution in [3.05, 3.63) is 34.3 Å². The lowest BCUT2D eigenvalue weighted by molar-refractivity contribution is 0.105. The number of halogens is 1. The van der Waals surface area contributed by atoms with Crippen LogP contribution in [-0.4, -0.2) is 54.2 Å². The quantitative estimate of drug-likeness (QED) is 0.900. The van der Waals surface area contributed by atoms with Crippen LogP contribution in [0.1, 0.15) is 25.0 Å². The normalized spacial score (nSPS) is 19.5. The van der Waals surface area contributed by atoms with Crippen LogP contribution in [0.2, 0.25) is 0 Å². The average Bonchev–Trinajstić information content (AvgIpc) is 2.45. The zero-order valence-corrected chi connectivity index (χ0v) is 13.1. The van der Waals surface area contributed by atoms with E-state index in [-0.39, 0.29) is 6.10 Å². The molecule has 1 aliphatic rings. The van der Waals surface area contributed by atoms with Gasteiger partial charge in [-0.05, 0) is 30.7 Å². The first-order valence-electron chi connectivity index (χ1n) is 7.07. The van der Waals surface area contributed by atoms with Gasteiger partial charge in [-0.2, -0.15) is 0 Å². The number of piperazine rings is 1. The van der Waals surface area contributed by atoms with Gasteiger partial charge < -0.3 is 14.9 Å². The molecule has 1 fully saturated rings. The Morgan fingerprint density at radius 1 is 1.21 bits per heavy atom. The summed E-state index contributed by atoms with van der Waals surface area (Å²) in [5.41, 5.74) is 1.00. The van der Waals surface area contributed by atoms with Crippen LogP contribution in [0.3, 0.4) is 0 Å². The van der Waals surface area contributed by atoms with Gasteiger partial charge >= 0.3 is 0 Å². The lowest BCUT2D eigenvalue weighted by Gasteiger charge is -2.34. The maximum absolute atomic E-state index is 10.2. The smallest absolute Gasteiger partial charge is 0.0802 e. The fourth-order valence-electron chi connectivity index (χ4n) is 2.51. The summed E-state index contributed by atoms with van der Waals surface area (Å²) in [4.78, 5) is 4.93. The fraction of sp³-hybridized carbons (Fsp3) is 0.600. The van der Waals surface area contributed by atoms with Crippen LogP contribution in [0, 0.1) is 0 Å². The largest absolute Gasteiger partial charge is 0.388 e. The van der Waals surface area contributed by atoms with Gasteiger partial charge in [0, 0.05) is 37.2 Å². The SMILES string of the molecule is CCN1CCN(CCC(O)c2cccc(Br)c2)CC1. The van der Waals surface area contributed by atoms with Crippen molar-refractivity contribution in [3.63, 3.8) is 0 Å². The summed E-state index contributed by atoms with van der Waals surface area (Å²) in [7, 11) is 0. The van der Waals surface area contributed by atoms with Gasteiger partial charge in [-0.15, -0.1) is 0 Å². The highest BCUT2D eigenvalue weighted by Crippen LogP contribution is 2.21. The molecule has 106 valence electrons. The molecule has 0 aromatic heterocycles. The van der Waals surface area contributed by atoms with E-state index in [4.69, 9.17) is 0 Å². The third-order valence-electron chi connectivity index (χ3n) is 3.86. The Labute approximate surface area is 124 Å². The monoisotopic (exact) mass is 326 g/mol. The molecule has 3 nitrogen and oxygen atoms in total. The minimum atomic E-state index is -0.360. The molecule has 0 amide bonds. The van der Waals surface area contributed by atoms with Crippen molar-refractivity contribution in [1.29, 1.82) is 0 Å². The highest BCUT2D eigenvalue weighted by atomic mass is 79.9. The van der Waals surface area contributed by atoms with Crippen LogP contribution in [0.5, 0.6) is 0 Å². The first-order valence-corrected chi connectivity index (χ1v) is 7.86. The highest BCUT2D eigenvalue weighted by Gasteiger charge is 2.16. The summed E-state index contributed by atoms with van der Waals surface area (Å²) in [5, 5.41) is 10.2. The van der Waals surface area contributed by atoms with Gasteiger partial charge in [0.25, 0.3) is 0 Å². The van der Waals surface area contributed by atoms with E-state index in [2.05, 4.69) is 32.7 Å². The molecule has 1 unspecified atom stereocenters. The van der Waals surface area contributed by atoms with E-state index in [9.17, 15) is 5.11 Å². The number of aliphatic hydroxyl groups is 1. The van der Waals surface area contributed by atoms with Gasteiger partial charge in [0.2, 0.25) is 0 Å². The van der Waals surface area contributed by atoms with Crippen molar-refractivity contribution in [1.82, 2.24) is 9.80 Å². The molecule has 2 rings (SSSR count). The average molecular weight is 327 g/mol. The van der Waals surface area contributed by atoms with E-state index < -0.39 is 0 Å². The fourth-order valence-corrected chi connectivity index (χ4v) is 2.93. The summed E-state index contributed by atoms with van der Waals surface area (Å²) >= 11 is 3.45. The third-order valence-corrected chi connectivity index (χ3v) is 4.36. The van der Waals surface area contributed by atoms with Crippen molar-refractivity contribution in [3.8, 4) is 0 Å². The Morgan fingerprint density at radius 2 is 1.89 bits per heavy atom. The summed E-state index contributed by atoms with van der Waals surface area (Å²) in [6.07, 6.45) is 0.449. The summed E-state index contributed by atoms with van der Waals surface area (Å²) in [6, 6.07) is 7.95. The second-order valence-electron chi connectivity index (χ2n) is 5.14. The van der Waals surface area contributed by atoms with E-state index in [1.165, 1.54) is 0 Å². The Balaban J connectivity index is 1.76. The Kier molecular flexibility index (Phi) is 5.82. The minimum Gasteiger partial charge on any atom is -0.388 e. The maximum Gasteiger partial charge on any atom is 0.0802 e. The van der Waals surface area contributed by atoms with Gasteiger partial charge in [0.1, 0.15) is 0 Å². The van der Waals surface area contributed by atoms with E-state index in [1.807, 2.05) is 24.3 Å². The van der Waals surface area contributed by atoms with Crippen LogP contribution in [0.15, 0.2) is 28.7 Å². The van der Waals surface area contributed by atoms with Crippen LogP contribution >= 0.6 is 15.9 Å². The number of hydrogen-bond acceptors (Lipinski definition) is 3. The molecular formula is C15H23BrN2O. The van der Waals surface area contributed by atoms with Gasteiger partial charge in [-0.25, -0.2) is 0 Å². The molecule has 0 radical (unpaired) electrons. The minimum absolute atomic E-state index is 0.360. The predicted octanol–water partition coefficient (Wildman–Crippen LogP) is 2.51.